The number of hydrogen-bond acceptors (Lipinski definition) is 4. The fraction of sp³-hybridized carbons (Fsp3) is 0.174. The molecule has 0 unspecified atom stereocenters. The van der Waals surface area contributed by atoms with Gasteiger partial charge in [0.15, 0.2) is 0 Å². The number of amides is 1. The second-order valence-corrected chi connectivity index (χ2v) is 7.13. The van der Waals surface area contributed by atoms with Gasteiger partial charge >= 0.3 is 0 Å². The van der Waals surface area contributed by atoms with Gasteiger partial charge in [0.25, 0.3) is 5.89 Å². The fourth-order valence-electron chi connectivity index (χ4n) is 3.24. The van der Waals surface area contributed by atoms with Gasteiger partial charge in [-0.2, -0.15) is 4.98 Å². The third-order valence-corrected chi connectivity index (χ3v) is 4.84. The molecule has 6 nitrogen and oxygen atoms in total. The summed E-state index contributed by atoms with van der Waals surface area (Å²) in [6.07, 6.45) is 1.83. The number of hydrogen-bond donors (Lipinski definition) is 1. The minimum absolute atomic E-state index is 0.113. The Bertz CT molecular complexity index is 1140. The van der Waals surface area contributed by atoms with E-state index < -0.39 is 0 Å². The largest absolute Gasteiger partial charge is 0.334 e. The highest BCUT2D eigenvalue weighted by atomic mass is 16.5. The van der Waals surface area contributed by atoms with E-state index in [9.17, 15) is 4.79 Å². The molecule has 0 saturated heterocycles. The smallest absolute Gasteiger partial charge is 0.274 e. The van der Waals surface area contributed by atoms with Gasteiger partial charge in [0.2, 0.25) is 11.7 Å². The van der Waals surface area contributed by atoms with Crippen LogP contribution in [0.1, 0.15) is 16.7 Å². The first-order valence-electron chi connectivity index (χ1n) is 9.43. The van der Waals surface area contributed by atoms with Crippen molar-refractivity contribution in [3.8, 4) is 23.0 Å². The van der Waals surface area contributed by atoms with E-state index in [0.29, 0.717) is 17.4 Å². The minimum atomic E-state index is -0.113. The number of carbonyl (C=O) groups excluding carboxylic acids is 1. The Morgan fingerprint density at radius 1 is 1.00 bits per heavy atom. The number of nitrogens with one attached hydrogen (secondary N) is 1. The lowest BCUT2D eigenvalue weighted by Crippen LogP contribution is -2.20. The van der Waals surface area contributed by atoms with Crippen LogP contribution in [0.3, 0.4) is 0 Å². The Morgan fingerprint density at radius 3 is 2.45 bits per heavy atom. The van der Waals surface area contributed by atoms with E-state index in [0.717, 1.165) is 22.4 Å². The summed E-state index contributed by atoms with van der Waals surface area (Å²) < 4.78 is 7.26. The van der Waals surface area contributed by atoms with Gasteiger partial charge in [-0.05, 0) is 44.0 Å². The summed E-state index contributed by atoms with van der Waals surface area (Å²) >= 11 is 0. The molecule has 0 bridgehead atoms. The molecule has 0 atom stereocenters. The molecule has 1 N–H and O–H groups in total. The van der Waals surface area contributed by atoms with Crippen LogP contribution in [0, 0.1) is 20.8 Å². The summed E-state index contributed by atoms with van der Waals surface area (Å²) in [5.41, 5.74) is 5.67. The van der Waals surface area contributed by atoms with Crippen LogP contribution in [0.25, 0.3) is 23.0 Å². The molecule has 0 aliphatic carbocycles. The van der Waals surface area contributed by atoms with Crippen molar-refractivity contribution in [2.24, 2.45) is 0 Å². The molecular formula is C23H22N4O2. The molecule has 0 fully saturated rings. The Kier molecular flexibility index (Phi) is 4.99. The van der Waals surface area contributed by atoms with Crippen molar-refractivity contribution < 1.29 is 9.32 Å². The van der Waals surface area contributed by atoms with E-state index in [1.54, 1.807) is 4.57 Å². The van der Waals surface area contributed by atoms with Crippen LogP contribution in [0.4, 0.5) is 5.69 Å². The molecule has 29 heavy (non-hydrogen) atoms. The van der Waals surface area contributed by atoms with Gasteiger partial charge < -0.3 is 14.4 Å². The predicted octanol–water partition coefficient (Wildman–Crippen LogP) is 4.77. The number of para-hydroxylation sites is 1. The molecule has 2 aromatic heterocycles. The third kappa shape index (κ3) is 3.96. The van der Waals surface area contributed by atoms with E-state index >= 15 is 0 Å². The van der Waals surface area contributed by atoms with Crippen molar-refractivity contribution in [3.63, 3.8) is 0 Å². The van der Waals surface area contributed by atoms with Crippen molar-refractivity contribution in [3.05, 3.63) is 77.5 Å². The molecule has 146 valence electrons. The Hall–Kier alpha value is -3.67. The van der Waals surface area contributed by atoms with Crippen LogP contribution in [0.5, 0.6) is 0 Å². The first kappa shape index (κ1) is 18.7. The van der Waals surface area contributed by atoms with Gasteiger partial charge in [-0.15, -0.1) is 0 Å². The van der Waals surface area contributed by atoms with Crippen molar-refractivity contribution in [2.45, 2.75) is 27.3 Å². The Balaban J connectivity index is 1.53. The number of anilines is 1. The quantitative estimate of drug-likeness (QED) is 0.536. The zero-order valence-corrected chi connectivity index (χ0v) is 16.6. The maximum Gasteiger partial charge on any atom is 0.274 e. The lowest BCUT2D eigenvalue weighted by Gasteiger charge is -2.12. The van der Waals surface area contributed by atoms with E-state index in [1.165, 1.54) is 5.56 Å². The molecule has 0 aliphatic rings. The van der Waals surface area contributed by atoms with Crippen molar-refractivity contribution in [1.82, 2.24) is 14.7 Å². The molecule has 4 aromatic rings. The third-order valence-electron chi connectivity index (χ3n) is 4.84. The fourth-order valence-corrected chi connectivity index (χ4v) is 3.24. The van der Waals surface area contributed by atoms with E-state index in [4.69, 9.17) is 4.52 Å². The second-order valence-electron chi connectivity index (χ2n) is 7.13. The van der Waals surface area contributed by atoms with Crippen LogP contribution in [0.2, 0.25) is 0 Å². The van der Waals surface area contributed by atoms with Gasteiger partial charge in [0.05, 0.1) is 0 Å². The zero-order chi connectivity index (χ0) is 20.4. The number of benzene rings is 2. The molecule has 1 amide bonds. The number of rotatable bonds is 5. The molecule has 0 spiro atoms. The first-order valence-corrected chi connectivity index (χ1v) is 9.43. The van der Waals surface area contributed by atoms with Crippen LogP contribution in [0.15, 0.2) is 65.3 Å². The summed E-state index contributed by atoms with van der Waals surface area (Å²) in [6, 6.07) is 17.6. The van der Waals surface area contributed by atoms with Gasteiger partial charge in [0, 0.05) is 17.4 Å². The van der Waals surface area contributed by atoms with Crippen LogP contribution in [-0.2, 0) is 11.3 Å². The number of aryl methyl sites for hydroxylation is 3. The molecule has 2 heterocycles. The zero-order valence-electron chi connectivity index (χ0n) is 16.6. The number of aromatic nitrogens is 3. The molecule has 2 aromatic carbocycles. The molecule has 4 rings (SSSR count). The summed E-state index contributed by atoms with van der Waals surface area (Å²) in [4.78, 5) is 17.1. The summed E-state index contributed by atoms with van der Waals surface area (Å²) in [5, 5.41) is 7.09. The highest BCUT2D eigenvalue weighted by molar-refractivity contribution is 5.92. The number of nitrogens with zero attached hydrogens (tertiary/aromatic N) is 3. The average Bonchev–Trinajstić information content (AvgIpc) is 3.35. The van der Waals surface area contributed by atoms with E-state index in [2.05, 4.69) is 15.5 Å². The minimum Gasteiger partial charge on any atom is -0.334 e. The average molecular weight is 386 g/mol. The van der Waals surface area contributed by atoms with Gasteiger partial charge in [-0.3, -0.25) is 4.79 Å². The molecule has 6 heteroatoms. The topological polar surface area (TPSA) is 73.0 Å². The molecule has 0 aliphatic heterocycles. The lowest BCUT2D eigenvalue weighted by atomic mass is 10.1. The van der Waals surface area contributed by atoms with Gasteiger partial charge in [0.1, 0.15) is 12.2 Å². The van der Waals surface area contributed by atoms with Gasteiger partial charge in [-0.1, -0.05) is 53.2 Å². The van der Waals surface area contributed by atoms with Crippen LogP contribution < -0.4 is 5.32 Å². The maximum absolute atomic E-state index is 12.6. The van der Waals surface area contributed by atoms with Crippen LogP contribution in [-0.4, -0.2) is 20.6 Å². The predicted molar refractivity (Wildman–Crippen MR) is 112 cm³/mol. The summed E-state index contributed by atoms with van der Waals surface area (Å²) in [7, 11) is 0. The van der Waals surface area contributed by atoms with Crippen molar-refractivity contribution in [2.75, 3.05) is 5.32 Å². The molecular weight excluding hydrogens is 364 g/mol. The van der Waals surface area contributed by atoms with Crippen molar-refractivity contribution >= 4 is 11.6 Å². The maximum atomic E-state index is 12.6. The van der Waals surface area contributed by atoms with E-state index in [1.807, 2.05) is 81.6 Å². The van der Waals surface area contributed by atoms with Gasteiger partial charge in [-0.25, -0.2) is 0 Å². The summed E-state index contributed by atoms with van der Waals surface area (Å²) in [6.45, 7) is 6.14. The van der Waals surface area contributed by atoms with E-state index in [-0.39, 0.29) is 12.5 Å². The summed E-state index contributed by atoms with van der Waals surface area (Å²) in [5.74, 6) is 0.788. The van der Waals surface area contributed by atoms with Crippen LogP contribution >= 0.6 is 0 Å². The standard InChI is InChI=1S/C23H22N4O2/c1-15-9-11-18(12-10-15)22-25-23(29-26-22)19-8-5-13-27(19)14-20(28)24-21-16(2)6-4-7-17(21)3/h4-13H,14H2,1-3H3,(H,24,28). The van der Waals surface area contributed by atoms with Crippen molar-refractivity contribution in [1.29, 1.82) is 0 Å². The number of carbonyl (C=O) groups is 1. The monoisotopic (exact) mass is 386 g/mol. The SMILES string of the molecule is Cc1ccc(-c2noc(-c3cccn3CC(=O)Nc3c(C)cccc3C)n2)cc1. The second kappa shape index (κ2) is 7.75. The highest BCUT2D eigenvalue weighted by Crippen LogP contribution is 2.24. The Morgan fingerprint density at radius 2 is 1.72 bits per heavy atom. The molecule has 0 radical (unpaired) electrons. The Labute approximate surface area is 169 Å². The molecule has 0 saturated carbocycles. The first-order chi connectivity index (χ1) is 14.0. The lowest BCUT2D eigenvalue weighted by molar-refractivity contribution is -0.116. The highest BCUT2D eigenvalue weighted by Gasteiger charge is 2.16. The normalized spacial score (nSPS) is 10.9.